The molecule has 0 rings (SSSR count). The number of carbonyl (C=O) groups excluding carboxylic acids is 2. The predicted octanol–water partition coefficient (Wildman–Crippen LogP) is 0.867. The number of hydrogen-bond acceptors (Lipinski definition) is 2. The van der Waals surface area contributed by atoms with Crippen LogP contribution in [0.25, 0.3) is 0 Å². The Hall–Kier alpha value is -0.860. The molecule has 3 heteroatoms. The Labute approximate surface area is 67.0 Å². The SMILES string of the molecule is CC(=O)CC(C)(C)CC(N)=O. The fourth-order valence-corrected chi connectivity index (χ4v) is 1.21. The third-order valence-electron chi connectivity index (χ3n) is 1.38. The molecule has 0 saturated carbocycles. The van der Waals surface area contributed by atoms with Crippen molar-refractivity contribution in [1.82, 2.24) is 0 Å². The topological polar surface area (TPSA) is 60.2 Å². The maximum atomic E-state index is 10.7. The zero-order valence-corrected chi connectivity index (χ0v) is 7.31. The second-order valence-corrected chi connectivity index (χ2v) is 3.69. The number of carbonyl (C=O) groups is 2. The first kappa shape index (κ1) is 10.1. The largest absolute Gasteiger partial charge is 0.370 e. The van der Waals surface area contributed by atoms with Gasteiger partial charge in [-0.3, -0.25) is 4.79 Å². The van der Waals surface area contributed by atoms with Gasteiger partial charge in [-0.25, -0.2) is 0 Å². The third kappa shape index (κ3) is 5.58. The summed E-state index contributed by atoms with van der Waals surface area (Å²) >= 11 is 0. The molecule has 64 valence electrons. The molecule has 0 unspecified atom stereocenters. The second-order valence-electron chi connectivity index (χ2n) is 3.69. The lowest BCUT2D eigenvalue weighted by atomic mass is 9.84. The van der Waals surface area contributed by atoms with Crippen LogP contribution in [-0.2, 0) is 9.59 Å². The highest BCUT2D eigenvalue weighted by Gasteiger charge is 2.22. The highest BCUT2D eigenvalue weighted by molar-refractivity contribution is 5.79. The molecule has 0 bridgehead atoms. The summed E-state index contributed by atoms with van der Waals surface area (Å²) in [5, 5.41) is 0. The highest BCUT2D eigenvalue weighted by Crippen LogP contribution is 2.24. The van der Waals surface area contributed by atoms with E-state index in [1.165, 1.54) is 6.92 Å². The van der Waals surface area contributed by atoms with E-state index in [0.29, 0.717) is 6.42 Å². The maximum absolute atomic E-state index is 10.7. The summed E-state index contributed by atoms with van der Waals surface area (Å²) in [6.07, 6.45) is 0.683. The van der Waals surface area contributed by atoms with Crippen molar-refractivity contribution in [3.8, 4) is 0 Å². The summed E-state index contributed by atoms with van der Waals surface area (Å²) in [4.78, 5) is 21.2. The molecule has 0 aromatic rings. The summed E-state index contributed by atoms with van der Waals surface area (Å²) in [5.74, 6) is -0.257. The minimum atomic E-state index is -0.351. The normalized spacial score (nSPS) is 11.2. The molecule has 0 radical (unpaired) electrons. The van der Waals surface area contributed by atoms with Crippen molar-refractivity contribution in [3.05, 3.63) is 0 Å². The lowest BCUT2D eigenvalue weighted by molar-refractivity contribution is -0.122. The van der Waals surface area contributed by atoms with E-state index in [4.69, 9.17) is 5.73 Å². The van der Waals surface area contributed by atoms with Crippen LogP contribution in [0.3, 0.4) is 0 Å². The molecule has 1 amide bonds. The standard InChI is InChI=1S/C8H15NO2/c1-6(10)4-8(2,3)5-7(9)11/h4-5H2,1-3H3,(H2,9,11). The molecule has 0 aromatic carbocycles. The Bertz CT molecular complexity index is 155. The number of Topliss-reactive ketones (excluding diaryl/α,β-unsaturated/α-hetero) is 1. The van der Waals surface area contributed by atoms with Gasteiger partial charge in [0.05, 0.1) is 0 Å². The number of hydrogen-bond donors (Lipinski definition) is 1. The first-order valence-electron chi connectivity index (χ1n) is 3.61. The summed E-state index contributed by atoms with van der Waals surface area (Å²) < 4.78 is 0. The number of ketones is 1. The van der Waals surface area contributed by atoms with Crippen molar-refractivity contribution >= 4 is 11.7 Å². The molecule has 0 saturated heterocycles. The van der Waals surface area contributed by atoms with E-state index in [2.05, 4.69) is 0 Å². The van der Waals surface area contributed by atoms with Gasteiger partial charge in [0.25, 0.3) is 0 Å². The summed E-state index contributed by atoms with van der Waals surface area (Å²) in [5.41, 5.74) is 4.72. The van der Waals surface area contributed by atoms with Crippen molar-refractivity contribution in [2.24, 2.45) is 11.1 Å². The molecule has 0 aliphatic carbocycles. The average Bonchev–Trinajstić information content (AvgIpc) is 1.53. The first-order valence-corrected chi connectivity index (χ1v) is 3.61. The average molecular weight is 157 g/mol. The summed E-state index contributed by atoms with van der Waals surface area (Å²) in [6, 6.07) is 0. The third-order valence-corrected chi connectivity index (χ3v) is 1.38. The lowest BCUT2D eigenvalue weighted by Gasteiger charge is -2.20. The van der Waals surface area contributed by atoms with Crippen molar-refractivity contribution in [1.29, 1.82) is 0 Å². The second kappa shape index (κ2) is 3.51. The van der Waals surface area contributed by atoms with Crippen molar-refractivity contribution in [2.45, 2.75) is 33.6 Å². The molecule has 0 atom stereocenters. The molecule has 0 fully saturated rings. The predicted molar refractivity (Wildman–Crippen MR) is 42.9 cm³/mol. The lowest BCUT2D eigenvalue weighted by Crippen LogP contribution is -2.24. The van der Waals surface area contributed by atoms with Crippen LogP contribution in [0, 0.1) is 5.41 Å². The molecule has 3 nitrogen and oxygen atoms in total. The summed E-state index contributed by atoms with van der Waals surface area (Å²) in [6.45, 7) is 5.24. The fourth-order valence-electron chi connectivity index (χ4n) is 1.21. The van der Waals surface area contributed by atoms with E-state index in [0.717, 1.165) is 0 Å². The molecule has 0 heterocycles. The van der Waals surface area contributed by atoms with Gasteiger partial charge >= 0.3 is 0 Å². The Kier molecular flexibility index (Phi) is 3.23. The van der Waals surface area contributed by atoms with E-state index in [9.17, 15) is 9.59 Å². The minimum Gasteiger partial charge on any atom is -0.370 e. The maximum Gasteiger partial charge on any atom is 0.217 e. The smallest absolute Gasteiger partial charge is 0.217 e. The number of nitrogens with two attached hydrogens (primary N) is 1. The van der Waals surface area contributed by atoms with E-state index in [1.54, 1.807) is 0 Å². The van der Waals surface area contributed by atoms with Crippen LogP contribution >= 0.6 is 0 Å². The van der Waals surface area contributed by atoms with Gasteiger partial charge in [-0.05, 0) is 12.3 Å². The molecule has 0 spiro atoms. The molecule has 0 aliphatic heterocycles. The van der Waals surface area contributed by atoms with Gasteiger partial charge in [-0.1, -0.05) is 13.8 Å². The molecular formula is C8H15NO2. The quantitative estimate of drug-likeness (QED) is 0.658. The first-order chi connectivity index (χ1) is 4.83. The molecular weight excluding hydrogens is 142 g/mol. The monoisotopic (exact) mass is 157 g/mol. The van der Waals surface area contributed by atoms with Gasteiger partial charge in [0.1, 0.15) is 5.78 Å². The Morgan fingerprint density at radius 2 is 1.73 bits per heavy atom. The molecule has 11 heavy (non-hydrogen) atoms. The van der Waals surface area contributed by atoms with Crippen LogP contribution in [0.2, 0.25) is 0 Å². The molecule has 0 aromatic heterocycles. The van der Waals surface area contributed by atoms with Gasteiger partial charge in [0, 0.05) is 12.8 Å². The van der Waals surface area contributed by atoms with Crippen LogP contribution in [0.1, 0.15) is 33.6 Å². The van der Waals surface area contributed by atoms with Crippen molar-refractivity contribution in [2.75, 3.05) is 0 Å². The molecule has 0 aliphatic rings. The van der Waals surface area contributed by atoms with Gasteiger partial charge in [-0.15, -0.1) is 0 Å². The van der Waals surface area contributed by atoms with Crippen molar-refractivity contribution < 1.29 is 9.59 Å². The van der Waals surface area contributed by atoms with Crippen molar-refractivity contribution in [3.63, 3.8) is 0 Å². The van der Waals surface area contributed by atoms with Gasteiger partial charge in [-0.2, -0.15) is 0 Å². The van der Waals surface area contributed by atoms with E-state index >= 15 is 0 Å². The van der Waals surface area contributed by atoms with Gasteiger partial charge in [0.15, 0.2) is 0 Å². The highest BCUT2D eigenvalue weighted by atomic mass is 16.1. The number of rotatable bonds is 4. The van der Waals surface area contributed by atoms with Crippen LogP contribution < -0.4 is 5.73 Å². The van der Waals surface area contributed by atoms with Crippen LogP contribution in [0.5, 0.6) is 0 Å². The minimum absolute atomic E-state index is 0.0938. The van der Waals surface area contributed by atoms with Gasteiger partial charge in [0.2, 0.25) is 5.91 Å². The van der Waals surface area contributed by atoms with E-state index in [1.807, 2.05) is 13.8 Å². The zero-order chi connectivity index (χ0) is 9.07. The molecule has 2 N–H and O–H groups in total. The van der Waals surface area contributed by atoms with E-state index in [-0.39, 0.29) is 23.5 Å². The Balaban J connectivity index is 3.99. The van der Waals surface area contributed by atoms with Crippen LogP contribution in [0.15, 0.2) is 0 Å². The fraction of sp³-hybridized carbons (Fsp3) is 0.750. The van der Waals surface area contributed by atoms with Gasteiger partial charge < -0.3 is 10.5 Å². The summed E-state index contributed by atoms with van der Waals surface area (Å²) in [7, 11) is 0. The number of amides is 1. The number of primary amides is 1. The van der Waals surface area contributed by atoms with E-state index < -0.39 is 0 Å². The Morgan fingerprint density at radius 1 is 1.27 bits per heavy atom. The Morgan fingerprint density at radius 3 is 2.00 bits per heavy atom. The van der Waals surface area contributed by atoms with Crippen LogP contribution in [-0.4, -0.2) is 11.7 Å². The van der Waals surface area contributed by atoms with Crippen LogP contribution in [0.4, 0.5) is 0 Å². The zero-order valence-electron chi connectivity index (χ0n) is 7.31.